The smallest absolute Gasteiger partial charge is 0.349 e. The minimum absolute atomic E-state index is 0.0588. The Bertz CT molecular complexity index is 1420. The lowest BCUT2D eigenvalue weighted by atomic mass is 10.1. The van der Waals surface area contributed by atoms with Gasteiger partial charge in [0.1, 0.15) is 11.5 Å². The zero-order valence-corrected chi connectivity index (χ0v) is 21.6. The van der Waals surface area contributed by atoms with E-state index in [4.69, 9.17) is 23.7 Å². The lowest BCUT2D eigenvalue weighted by molar-refractivity contribution is -0.157. The average Bonchev–Trinajstić information content (AvgIpc) is 2.98. The number of hydrogen-bond donors (Lipinski definition) is 2. The molecule has 0 aromatic heterocycles. The number of ether oxygens (including phenoxy) is 5. The quantitative estimate of drug-likeness (QED) is 0.266. The third kappa shape index (κ3) is 7.13. The van der Waals surface area contributed by atoms with E-state index >= 15 is 0 Å². The highest BCUT2D eigenvalue weighted by Crippen LogP contribution is 2.21. The largest absolute Gasteiger partial charge is 0.497 e. The highest BCUT2D eigenvalue weighted by atomic mass is 16.6. The molecule has 3 rings (SSSR count). The number of nitrogens with one attached hydrogen (secondary N) is 1. The lowest BCUT2D eigenvalue weighted by Gasteiger charge is -2.24. The normalized spacial score (nSPS) is 11.8. The van der Waals surface area contributed by atoms with Crippen LogP contribution in [0.25, 0.3) is 0 Å². The zero-order valence-electron chi connectivity index (χ0n) is 21.6. The number of benzene rings is 3. The second-order valence-corrected chi connectivity index (χ2v) is 7.98. The van der Waals surface area contributed by atoms with Gasteiger partial charge in [-0.05, 0) is 48.5 Å². The Balaban J connectivity index is 1.98. The molecule has 2 N–H and O–H groups in total. The van der Waals surface area contributed by atoms with Crippen LogP contribution in [0.2, 0.25) is 0 Å². The van der Waals surface area contributed by atoms with Crippen LogP contribution in [0.1, 0.15) is 31.1 Å². The van der Waals surface area contributed by atoms with Crippen molar-refractivity contribution in [2.75, 3.05) is 26.6 Å². The number of amides is 1. The summed E-state index contributed by atoms with van der Waals surface area (Å²) < 4.78 is 25.3. The van der Waals surface area contributed by atoms with Crippen molar-refractivity contribution in [3.63, 3.8) is 0 Å². The molecular weight excluding hydrogens is 526 g/mol. The van der Waals surface area contributed by atoms with Crippen LogP contribution in [0, 0.1) is 0 Å². The number of carbonyl (C=O) groups is 5. The van der Waals surface area contributed by atoms with E-state index < -0.39 is 42.0 Å². The Labute approximate surface area is 228 Å². The van der Waals surface area contributed by atoms with E-state index in [-0.39, 0.29) is 22.4 Å². The van der Waals surface area contributed by atoms with Crippen LogP contribution in [0.5, 0.6) is 11.5 Å². The number of carboxylic acid groups (broad SMARTS) is 1. The van der Waals surface area contributed by atoms with Crippen molar-refractivity contribution in [3.8, 4) is 11.5 Å². The molecular formula is C28H25NO11. The van der Waals surface area contributed by atoms with E-state index in [0.29, 0.717) is 11.5 Å². The average molecular weight is 552 g/mol. The first-order valence-electron chi connectivity index (χ1n) is 11.6. The van der Waals surface area contributed by atoms with Gasteiger partial charge in [-0.25, -0.2) is 19.2 Å². The van der Waals surface area contributed by atoms with Gasteiger partial charge in [0.05, 0.1) is 43.7 Å². The number of aliphatic carboxylic acids is 1. The molecule has 3 aromatic carbocycles. The predicted octanol–water partition coefficient (Wildman–Crippen LogP) is 2.96. The Kier molecular flexibility index (Phi) is 9.79. The van der Waals surface area contributed by atoms with Gasteiger partial charge in [-0.2, -0.15) is 0 Å². The SMILES string of the molecule is COC(=O)c1ccccc1NC(=O)[C@H](OC(=O)c1cccc(OC)c1)[C@H](OC(=O)c1cccc(OC)c1)C(=O)O. The molecule has 0 radical (unpaired) electrons. The van der Waals surface area contributed by atoms with Crippen molar-refractivity contribution in [1.29, 1.82) is 0 Å². The van der Waals surface area contributed by atoms with Crippen molar-refractivity contribution >= 4 is 35.5 Å². The van der Waals surface area contributed by atoms with Gasteiger partial charge in [-0.1, -0.05) is 24.3 Å². The fourth-order valence-electron chi connectivity index (χ4n) is 3.45. The van der Waals surface area contributed by atoms with E-state index in [0.717, 1.165) is 7.11 Å². The standard InChI is InChI=1S/C28H25NO11/c1-36-18-10-6-8-16(14-18)26(33)39-22(24(30)29-21-13-5-4-12-20(21)28(35)38-3)23(25(31)32)40-27(34)17-9-7-11-19(15-17)37-2/h4-15,22-23H,1-3H3,(H,29,30)(H,31,32)/t22-,23+/m1/s1. The third-order valence-corrected chi connectivity index (χ3v) is 5.45. The zero-order chi connectivity index (χ0) is 29.2. The number of rotatable bonds is 11. The van der Waals surface area contributed by atoms with Gasteiger partial charge in [0.2, 0.25) is 12.2 Å². The van der Waals surface area contributed by atoms with Gasteiger partial charge < -0.3 is 34.1 Å². The molecule has 12 heteroatoms. The Morgan fingerprint density at radius 3 is 1.70 bits per heavy atom. The minimum atomic E-state index is -2.29. The minimum Gasteiger partial charge on any atom is -0.497 e. The maximum absolute atomic E-state index is 13.4. The number of hydrogen-bond acceptors (Lipinski definition) is 10. The number of methoxy groups -OCH3 is 3. The number of esters is 3. The summed E-state index contributed by atoms with van der Waals surface area (Å²) in [6, 6.07) is 17.1. The molecule has 0 bridgehead atoms. The number of anilines is 1. The predicted molar refractivity (Wildman–Crippen MR) is 138 cm³/mol. The molecule has 40 heavy (non-hydrogen) atoms. The summed E-state index contributed by atoms with van der Waals surface area (Å²) in [6.45, 7) is 0. The Morgan fingerprint density at radius 1 is 0.675 bits per heavy atom. The monoisotopic (exact) mass is 551 g/mol. The van der Waals surface area contributed by atoms with Crippen LogP contribution in [0.3, 0.4) is 0 Å². The Hall–Kier alpha value is -5.39. The molecule has 0 spiro atoms. The molecule has 0 aliphatic heterocycles. The molecule has 208 valence electrons. The van der Waals surface area contributed by atoms with Crippen LogP contribution in [-0.2, 0) is 23.8 Å². The second-order valence-electron chi connectivity index (χ2n) is 7.98. The molecule has 0 aliphatic rings. The van der Waals surface area contributed by atoms with E-state index in [1.165, 1.54) is 74.9 Å². The van der Waals surface area contributed by atoms with E-state index in [9.17, 15) is 29.1 Å². The molecule has 3 aromatic rings. The molecule has 12 nitrogen and oxygen atoms in total. The molecule has 0 unspecified atom stereocenters. The molecule has 0 aliphatic carbocycles. The summed E-state index contributed by atoms with van der Waals surface area (Å²) in [5.41, 5.74) is -0.281. The molecule has 0 saturated carbocycles. The van der Waals surface area contributed by atoms with Crippen molar-refractivity contribution < 1.29 is 52.8 Å². The van der Waals surface area contributed by atoms with Gasteiger partial charge >= 0.3 is 23.9 Å². The lowest BCUT2D eigenvalue weighted by Crippen LogP contribution is -2.48. The van der Waals surface area contributed by atoms with Gasteiger partial charge in [-0.15, -0.1) is 0 Å². The molecule has 1 amide bonds. The van der Waals surface area contributed by atoms with Gasteiger partial charge in [0.25, 0.3) is 5.91 Å². The topological polar surface area (TPSA) is 164 Å². The molecule has 0 fully saturated rings. The van der Waals surface area contributed by atoms with Gasteiger partial charge in [0.15, 0.2) is 0 Å². The van der Waals surface area contributed by atoms with Crippen LogP contribution in [0.4, 0.5) is 5.69 Å². The highest BCUT2D eigenvalue weighted by molar-refractivity contribution is 6.05. The number of carboxylic acids is 1. The van der Waals surface area contributed by atoms with Crippen LogP contribution < -0.4 is 14.8 Å². The second kappa shape index (κ2) is 13.4. The van der Waals surface area contributed by atoms with Crippen LogP contribution >= 0.6 is 0 Å². The number of carbonyl (C=O) groups excluding carboxylic acids is 4. The summed E-state index contributed by atoms with van der Waals surface area (Å²) in [5, 5.41) is 12.3. The molecule has 0 heterocycles. The summed E-state index contributed by atoms with van der Waals surface area (Å²) in [4.78, 5) is 63.6. The summed E-state index contributed by atoms with van der Waals surface area (Å²) in [7, 11) is 3.88. The summed E-state index contributed by atoms with van der Waals surface area (Å²) in [5.74, 6) is -5.42. The number of para-hydroxylation sites is 1. The van der Waals surface area contributed by atoms with Crippen molar-refractivity contribution in [2.24, 2.45) is 0 Å². The van der Waals surface area contributed by atoms with Crippen molar-refractivity contribution in [2.45, 2.75) is 12.2 Å². The van der Waals surface area contributed by atoms with E-state index in [1.54, 1.807) is 12.1 Å². The summed E-state index contributed by atoms with van der Waals surface area (Å²) in [6.07, 6.45) is -4.49. The summed E-state index contributed by atoms with van der Waals surface area (Å²) >= 11 is 0. The van der Waals surface area contributed by atoms with E-state index in [2.05, 4.69) is 5.32 Å². The van der Waals surface area contributed by atoms with Crippen molar-refractivity contribution in [1.82, 2.24) is 0 Å². The Morgan fingerprint density at radius 2 is 1.20 bits per heavy atom. The van der Waals surface area contributed by atoms with E-state index in [1.807, 2.05) is 0 Å². The highest BCUT2D eigenvalue weighted by Gasteiger charge is 2.41. The van der Waals surface area contributed by atoms with Crippen molar-refractivity contribution in [3.05, 3.63) is 89.5 Å². The maximum Gasteiger partial charge on any atom is 0.349 e. The van der Waals surface area contributed by atoms with Crippen LogP contribution in [-0.4, -0.2) is 68.4 Å². The first kappa shape index (κ1) is 29.2. The van der Waals surface area contributed by atoms with Gasteiger partial charge in [0, 0.05) is 0 Å². The van der Waals surface area contributed by atoms with Crippen LogP contribution in [0.15, 0.2) is 72.8 Å². The fraction of sp³-hybridized carbons (Fsp3) is 0.179. The molecule has 0 saturated heterocycles. The first-order chi connectivity index (χ1) is 19.2. The molecule has 2 atom stereocenters. The fourth-order valence-corrected chi connectivity index (χ4v) is 3.45. The first-order valence-corrected chi connectivity index (χ1v) is 11.6. The third-order valence-electron chi connectivity index (χ3n) is 5.45. The maximum atomic E-state index is 13.4. The van der Waals surface area contributed by atoms with Gasteiger partial charge in [-0.3, -0.25) is 4.79 Å².